The Hall–Kier alpha value is -2.69. The lowest BCUT2D eigenvalue weighted by Gasteiger charge is -2.09. The van der Waals surface area contributed by atoms with E-state index in [9.17, 15) is 4.91 Å². The number of aryl methyl sites for hydroxylation is 2. The van der Waals surface area contributed by atoms with Gasteiger partial charge in [-0.3, -0.25) is 4.40 Å². The van der Waals surface area contributed by atoms with Crippen molar-refractivity contribution in [1.29, 1.82) is 0 Å². The van der Waals surface area contributed by atoms with Gasteiger partial charge >= 0.3 is 0 Å². The lowest BCUT2D eigenvalue weighted by molar-refractivity contribution is 0.341. The van der Waals surface area contributed by atoms with Gasteiger partial charge in [-0.2, -0.15) is 0 Å². The standard InChI is InChI=1S/C17H17N3O2/c1-4-22-14-8-7-11(2)10-13(14)15-17(19-21)20-9-5-6-12(3)16(20)18-15/h5-10H,4H2,1-3H3. The maximum Gasteiger partial charge on any atom is 0.209 e. The number of hydrogen-bond acceptors (Lipinski definition) is 4. The Morgan fingerprint density at radius 1 is 1.27 bits per heavy atom. The fourth-order valence-electron chi connectivity index (χ4n) is 2.57. The molecule has 3 rings (SSSR count). The second-order valence-corrected chi connectivity index (χ2v) is 5.19. The van der Waals surface area contributed by atoms with Crippen molar-refractivity contribution in [3.63, 3.8) is 0 Å². The molecule has 22 heavy (non-hydrogen) atoms. The van der Waals surface area contributed by atoms with Crippen molar-refractivity contribution >= 4 is 11.5 Å². The number of pyridine rings is 1. The van der Waals surface area contributed by atoms with Gasteiger partial charge < -0.3 is 4.74 Å². The minimum Gasteiger partial charge on any atom is -0.493 e. The number of imidazole rings is 1. The summed E-state index contributed by atoms with van der Waals surface area (Å²) in [5.74, 6) is 1.00. The fourth-order valence-corrected chi connectivity index (χ4v) is 2.57. The topological polar surface area (TPSA) is 56.0 Å². The predicted octanol–water partition coefficient (Wildman–Crippen LogP) is 4.41. The lowest BCUT2D eigenvalue weighted by atomic mass is 10.1. The molecule has 0 saturated carbocycles. The van der Waals surface area contributed by atoms with Crippen molar-refractivity contribution in [3.8, 4) is 17.0 Å². The Labute approximate surface area is 128 Å². The quantitative estimate of drug-likeness (QED) is 0.670. The summed E-state index contributed by atoms with van der Waals surface area (Å²) >= 11 is 0. The van der Waals surface area contributed by atoms with Gasteiger partial charge in [0.2, 0.25) is 5.82 Å². The summed E-state index contributed by atoms with van der Waals surface area (Å²) in [6, 6.07) is 9.68. The Morgan fingerprint density at radius 3 is 2.82 bits per heavy atom. The SMILES string of the molecule is CCOc1ccc(C)cc1-c1nc2c(C)cccn2c1N=O. The molecule has 0 unspecified atom stereocenters. The Bertz CT molecular complexity index is 852. The van der Waals surface area contributed by atoms with E-state index in [0.717, 1.165) is 22.3 Å². The number of rotatable bonds is 4. The van der Waals surface area contributed by atoms with E-state index in [1.165, 1.54) is 0 Å². The molecule has 0 aliphatic heterocycles. The molecule has 0 fully saturated rings. The van der Waals surface area contributed by atoms with Crippen molar-refractivity contribution in [3.05, 3.63) is 52.6 Å². The molecule has 2 aromatic heterocycles. The minimum absolute atomic E-state index is 0.297. The highest BCUT2D eigenvalue weighted by molar-refractivity contribution is 5.79. The fraction of sp³-hybridized carbons (Fsp3) is 0.235. The molecular formula is C17H17N3O2. The second kappa shape index (κ2) is 5.60. The van der Waals surface area contributed by atoms with Gasteiger partial charge in [0.05, 0.1) is 6.61 Å². The van der Waals surface area contributed by atoms with Gasteiger partial charge in [0.15, 0.2) is 0 Å². The molecule has 0 atom stereocenters. The number of aromatic nitrogens is 2. The van der Waals surface area contributed by atoms with E-state index >= 15 is 0 Å². The van der Waals surface area contributed by atoms with Crippen molar-refractivity contribution in [2.24, 2.45) is 5.18 Å². The largest absolute Gasteiger partial charge is 0.493 e. The summed E-state index contributed by atoms with van der Waals surface area (Å²) in [6.45, 7) is 6.43. The Kier molecular flexibility index (Phi) is 3.63. The maximum absolute atomic E-state index is 11.4. The second-order valence-electron chi connectivity index (χ2n) is 5.19. The number of fused-ring (bicyclic) bond motifs is 1. The zero-order chi connectivity index (χ0) is 15.7. The molecule has 2 heterocycles. The van der Waals surface area contributed by atoms with E-state index in [1.54, 1.807) is 10.6 Å². The van der Waals surface area contributed by atoms with Crippen LogP contribution in [0.5, 0.6) is 5.75 Å². The van der Waals surface area contributed by atoms with Gasteiger partial charge in [-0.05, 0) is 49.7 Å². The average Bonchev–Trinajstić information content (AvgIpc) is 2.89. The molecule has 0 aliphatic rings. The lowest BCUT2D eigenvalue weighted by Crippen LogP contribution is -1.95. The summed E-state index contributed by atoms with van der Waals surface area (Å²) in [4.78, 5) is 16.0. The van der Waals surface area contributed by atoms with Crippen LogP contribution in [0.2, 0.25) is 0 Å². The van der Waals surface area contributed by atoms with Crippen molar-refractivity contribution in [2.75, 3.05) is 6.61 Å². The number of hydrogen-bond donors (Lipinski definition) is 0. The first-order valence-electron chi connectivity index (χ1n) is 7.20. The first-order chi connectivity index (χ1) is 10.7. The monoisotopic (exact) mass is 295 g/mol. The summed E-state index contributed by atoms with van der Waals surface area (Å²) in [5, 5.41) is 3.20. The number of nitroso groups, excluding NO2 is 1. The average molecular weight is 295 g/mol. The predicted molar refractivity (Wildman–Crippen MR) is 86.7 cm³/mol. The number of ether oxygens (including phenoxy) is 1. The normalized spacial score (nSPS) is 10.9. The first kappa shape index (κ1) is 14.3. The Morgan fingerprint density at radius 2 is 2.09 bits per heavy atom. The molecule has 3 aromatic rings. The van der Waals surface area contributed by atoms with Gasteiger partial charge in [-0.15, -0.1) is 4.91 Å². The van der Waals surface area contributed by atoms with Crippen LogP contribution in [-0.4, -0.2) is 16.0 Å². The minimum atomic E-state index is 0.297. The maximum atomic E-state index is 11.4. The van der Waals surface area contributed by atoms with Crippen LogP contribution in [0.25, 0.3) is 16.9 Å². The highest BCUT2D eigenvalue weighted by atomic mass is 16.5. The van der Waals surface area contributed by atoms with E-state index in [0.29, 0.717) is 23.9 Å². The molecule has 0 saturated heterocycles. The highest BCUT2D eigenvalue weighted by Gasteiger charge is 2.19. The van der Waals surface area contributed by atoms with Crippen molar-refractivity contribution < 1.29 is 4.74 Å². The molecule has 0 amide bonds. The first-order valence-corrected chi connectivity index (χ1v) is 7.20. The number of benzene rings is 1. The van der Waals surface area contributed by atoms with Gasteiger partial charge in [0, 0.05) is 11.8 Å². The van der Waals surface area contributed by atoms with Gasteiger partial charge in [0.1, 0.15) is 17.1 Å². The zero-order valence-corrected chi connectivity index (χ0v) is 12.8. The summed E-state index contributed by atoms with van der Waals surface area (Å²) in [6.07, 6.45) is 1.80. The van der Waals surface area contributed by atoms with Crippen molar-refractivity contribution in [2.45, 2.75) is 20.8 Å². The van der Waals surface area contributed by atoms with E-state index in [-0.39, 0.29) is 0 Å². The van der Waals surface area contributed by atoms with E-state index < -0.39 is 0 Å². The molecule has 112 valence electrons. The smallest absolute Gasteiger partial charge is 0.209 e. The molecular weight excluding hydrogens is 278 g/mol. The third kappa shape index (κ3) is 2.24. The van der Waals surface area contributed by atoms with Crippen LogP contribution >= 0.6 is 0 Å². The van der Waals surface area contributed by atoms with Crippen LogP contribution in [0.15, 0.2) is 41.7 Å². The number of nitrogens with zero attached hydrogens (tertiary/aromatic N) is 3. The third-order valence-corrected chi connectivity index (χ3v) is 3.60. The van der Waals surface area contributed by atoms with Crippen LogP contribution in [0, 0.1) is 18.8 Å². The molecule has 0 spiro atoms. The molecule has 0 bridgehead atoms. The van der Waals surface area contributed by atoms with Gasteiger partial charge in [0.25, 0.3) is 0 Å². The van der Waals surface area contributed by atoms with Crippen LogP contribution in [0.1, 0.15) is 18.1 Å². The summed E-state index contributed by atoms with van der Waals surface area (Å²) in [7, 11) is 0. The van der Waals surface area contributed by atoms with E-state index in [4.69, 9.17) is 4.74 Å². The van der Waals surface area contributed by atoms with Gasteiger partial charge in [-0.25, -0.2) is 4.98 Å². The Balaban J connectivity index is 2.33. The van der Waals surface area contributed by atoms with E-state index in [1.807, 2.05) is 51.1 Å². The summed E-state index contributed by atoms with van der Waals surface area (Å²) < 4.78 is 7.40. The molecule has 5 heteroatoms. The van der Waals surface area contributed by atoms with Crippen LogP contribution in [0.4, 0.5) is 5.82 Å². The highest BCUT2D eigenvalue weighted by Crippen LogP contribution is 2.37. The molecule has 1 aromatic carbocycles. The molecule has 0 aliphatic carbocycles. The zero-order valence-electron chi connectivity index (χ0n) is 12.8. The van der Waals surface area contributed by atoms with Crippen LogP contribution in [0.3, 0.4) is 0 Å². The third-order valence-electron chi connectivity index (χ3n) is 3.60. The van der Waals surface area contributed by atoms with E-state index in [2.05, 4.69) is 10.2 Å². The van der Waals surface area contributed by atoms with Crippen LogP contribution < -0.4 is 4.74 Å². The molecule has 0 radical (unpaired) electrons. The van der Waals surface area contributed by atoms with Crippen LogP contribution in [-0.2, 0) is 0 Å². The summed E-state index contributed by atoms with van der Waals surface area (Å²) in [5.41, 5.74) is 4.14. The molecule has 0 N–H and O–H groups in total. The molecule has 5 nitrogen and oxygen atoms in total. The van der Waals surface area contributed by atoms with Crippen molar-refractivity contribution in [1.82, 2.24) is 9.38 Å². The van der Waals surface area contributed by atoms with Gasteiger partial charge in [-0.1, -0.05) is 17.7 Å².